The summed E-state index contributed by atoms with van der Waals surface area (Å²) >= 11 is 0. The zero-order chi connectivity index (χ0) is 13.5. The fourth-order valence-electron chi connectivity index (χ4n) is 1.85. The van der Waals surface area contributed by atoms with E-state index < -0.39 is 12.7 Å². The van der Waals surface area contributed by atoms with Gasteiger partial charge in [-0.25, -0.2) is 4.98 Å². The van der Waals surface area contributed by atoms with Crippen molar-refractivity contribution in [2.75, 3.05) is 0 Å². The van der Waals surface area contributed by atoms with E-state index in [4.69, 9.17) is 0 Å². The predicted octanol–water partition coefficient (Wildman–Crippen LogP) is 3.11. The van der Waals surface area contributed by atoms with Crippen LogP contribution in [0.3, 0.4) is 0 Å². The molecule has 0 fully saturated rings. The van der Waals surface area contributed by atoms with Gasteiger partial charge >= 0.3 is 6.18 Å². The number of aryl methyl sites for hydroxylation is 1. The van der Waals surface area contributed by atoms with Crippen LogP contribution in [-0.2, 0) is 6.54 Å². The minimum absolute atomic E-state index is 0.139. The number of hydrogen-bond donors (Lipinski definition) is 0. The molecule has 0 unspecified atom stereocenters. The van der Waals surface area contributed by atoms with Crippen molar-refractivity contribution in [2.24, 2.45) is 0 Å². The van der Waals surface area contributed by atoms with E-state index in [1.165, 1.54) is 32.0 Å². The first-order valence-corrected chi connectivity index (χ1v) is 5.32. The van der Waals surface area contributed by atoms with Crippen molar-refractivity contribution in [1.29, 1.82) is 0 Å². The molecule has 1 heterocycles. The van der Waals surface area contributed by atoms with Gasteiger partial charge in [0.25, 0.3) is 0 Å². The molecule has 2 rings (SSSR count). The third-order valence-electron chi connectivity index (χ3n) is 2.68. The number of rotatable bonds is 2. The van der Waals surface area contributed by atoms with Gasteiger partial charge in [0.1, 0.15) is 12.4 Å². The van der Waals surface area contributed by atoms with Gasteiger partial charge in [-0.3, -0.25) is 4.79 Å². The lowest BCUT2D eigenvalue weighted by molar-refractivity contribution is -0.140. The highest BCUT2D eigenvalue weighted by Gasteiger charge is 2.29. The zero-order valence-electron chi connectivity index (χ0n) is 9.88. The highest BCUT2D eigenvalue weighted by Crippen LogP contribution is 2.24. The van der Waals surface area contributed by atoms with Crippen molar-refractivity contribution in [3.8, 4) is 0 Å². The van der Waals surface area contributed by atoms with Gasteiger partial charge in [-0.05, 0) is 32.0 Å². The number of carbonyl (C=O) groups excluding carboxylic acids is 1. The highest BCUT2D eigenvalue weighted by atomic mass is 19.4. The Labute approximate surface area is 101 Å². The summed E-state index contributed by atoms with van der Waals surface area (Å²) < 4.78 is 38.4. The van der Waals surface area contributed by atoms with E-state index in [0.29, 0.717) is 16.6 Å². The van der Waals surface area contributed by atoms with Gasteiger partial charge in [-0.1, -0.05) is 0 Å². The molecular weight excluding hydrogens is 245 g/mol. The van der Waals surface area contributed by atoms with E-state index in [2.05, 4.69) is 4.98 Å². The molecule has 2 aromatic rings. The monoisotopic (exact) mass is 256 g/mol. The number of Topliss-reactive ketones (excluding diaryl/α,β-unsaturated/α-hetero) is 1. The first-order chi connectivity index (χ1) is 8.28. The van der Waals surface area contributed by atoms with Gasteiger partial charge in [-0.2, -0.15) is 13.2 Å². The average molecular weight is 256 g/mol. The second-order valence-electron chi connectivity index (χ2n) is 4.12. The number of hydrogen-bond acceptors (Lipinski definition) is 2. The normalized spacial score (nSPS) is 12.1. The third kappa shape index (κ3) is 2.37. The van der Waals surface area contributed by atoms with E-state index in [1.54, 1.807) is 0 Å². The van der Waals surface area contributed by atoms with Gasteiger partial charge in [0, 0.05) is 5.56 Å². The van der Waals surface area contributed by atoms with Gasteiger partial charge in [0.05, 0.1) is 11.0 Å². The number of halogens is 3. The fraction of sp³-hybridized carbons (Fsp3) is 0.333. The van der Waals surface area contributed by atoms with Crippen LogP contribution >= 0.6 is 0 Å². The molecule has 0 spiro atoms. The molecule has 0 amide bonds. The second-order valence-corrected chi connectivity index (χ2v) is 4.12. The van der Waals surface area contributed by atoms with Crippen molar-refractivity contribution in [2.45, 2.75) is 26.6 Å². The Morgan fingerprint density at radius 2 is 2.06 bits per heavy atom. The molecule has 0 aliphatic carbocycles. The summed E-state index contributed by atoms with van der Waals surface area (Å²) in [5.41, 5.74) is 1.23. The molecular formula is C12H11F3N2O. The number of fused-ring (bicyclic) bond motifs is 1. The van der Waals surface area contributed by atoms with Gasteiger partial charge in [-0.15, -0.1) is 0 Å². The number of alkyl halides is 3. The molecule has 1 aromatic heterocycles. The van der Waals surface area contributed by atoms with Crippen molar-refractivity contribution in [3.63, 3.8) is 0 Å². The molecule has 0 saturated heterocycles. The van der Waals surface area contributed by atoms with E-state index in [0.717, 1.165) is 4.57 Å². The Morgan fingerprint density at radius 1 is 1.39 bits per heavy atom. The molecule has 0 N–H and O–H groups in total. The predicted molar refractivity (Wildman–Crippen MR) is 60.5 cm³/mol. The van der Waals surface area contributed by atoms with E-state index in [-0.39, 0.29) is 11.6 Å². The molecule has 1 aromatic carbocycles. The molecule has 96 valence electrons. The minimum atomic E-state index is -4.29. The van der Waals surface area contributed by atoms with Crippen molar-refractivity contribution in [3.05, 3.63) is 29.6 Å². The summed E-state index contributed by atoms with van der Waals surface area (Å²) in [6, 6.07) is 4.52. The highest BCUT2D eigenvalue weighted by molar-refractivity contribution is 5.97. The molecule has 6 heteroatoms. The lowest BCUT2D eigenvalue weighted by atomic mass is 10.1. The van der Waals surface area contributed by atoms with E-state index in [1.807, 2.05) is 0 Å². The number of aromatic nitrogens is 2. The molecule has 0 radical (unpaired) electrons. The summed E-state index contributed by atoms with van der Waals surface area (Å²) in [6.07, 6.45) is -4.29. The Morgan fingerprint density at radius 3 is 2.61 bits per heavy atom. The van der Waals surface area contributed by atoms with Gasteiger partial charge in [0.15, 0.2) is 5.78 Å². The van der Waals surface area contributed by atoms with Gasteiger partial charge < -0.3 is 4.57 Å². The molecule has 0 bridgehead atoms. The molecule has 0 atom stereocenters. The zero-order valence-corrected chi connectivity index (χ0v) is 9.88. The van der Waals surface area contributed by atoms with Crippen LogP contribution in [0.25, 0.3) is 11.0 Å². The number of carbonyl (C=O) groups is 1. The topological polar surface area (TPSA) is 34.9 Å². The SMILES string of the molecule is CC(=O)c1ccc2c(c1)nc(C)n2CC(F)(F)F. The number of benzene rings is 1. The summed E-state index contributed by atoms with van der Waals surface area (Å²) in [4.78, 5) is 15.2. The van der Waals surface area contributed by atoms with Crippen LogP contribution < -0.4 is 0 Å². The first kappa shape index (κ1) is 12.6. The average Bonchev–Trinajstić information content (AvgIpc) is 2.52. The molecule has 3 nitrogen and oxygen atoms in total. The van der Waals surface area contributed by atoms with Crippen LogP contribution in [0.5, 0.6) is 0 Å². The molecule has 18 heavy (non-hydrogen) atoms. The second kappa shape index (κ2) is 4.12. The summed E-state index contributed by atoms with van der Waals surface area (Å²) in [5, 5.41) is 0. The van der Waals surface area contributed by atoms with Crippen LogP contribution in [0.2, 0.25) is 0 Å². The maximum atomic E-state index is 12.4. The van der Waals surface area contributed by atoms with Crippen molar-refractivity contribution >= 4 is 16.8 Å². The smallest absolute Gasteiger partial charge is 0.319 e. The summed E-state index contributed by atoms with van der Waals surface area (Å²) in [6.45, 7) is 1.84. The minimum Gasteiger partial charge on any atom is -0.319 e. The first-order valence-electron chi connectivity index (χ1n) is 5.32. The van der Waals surface area contributed by atoms with E-state index in [9.17, 15) is 18.0 Å². The van der Waals surface area contributed by atoms with Crippen molar-refractivity contribution < 1.29 is 18.0 Å². The lowest BCUT2D eigenvalue weighted by Crippen LogP contribution is -2.18. The number of imidazole rings is 1. The van der Waals surface area contributed by atoms with E-state index >= 15 is 0 Å². The summed E-state index contributed by atoms with van der Waals surface area (Å²) in [5.74, 6) is 0.142. The Bertz CT molecular complexity index is 614. The van der Waals surface area contributed by atoms with Crippen LogP contribution in [-0.4, -0.2) is 21.5 Å². The molecule has 0 aliphatic rings. The largest absolute Gasteiger partial charge is 0.406 e. The maximum Gasteiger partial charge on any atom is 0.406 e. The fourth-order valence-corrected chi connectivity index (χ4v) is 1.85. The lowest BCUT2D eigenvalue weighted by Gasteiger charge is -2.10. The number of nitrogens with zero attached hydrogens (tertiary/aromatic N) is 2. The van der Waals surface area contributed by atoms with Gasteiger partial charge in [0.2, 0.25) is 0 Å². The Hall–Kier alpha value is -1.85. The molecule has 0 aliphatic heterocycles. The third-order valence-corrected chi connectivity index (χ3v) is 2.68. The standard InChI is InChI=1S/C12H11F3N2O/c1-7(18)9-3-4-11-10(5-9)16-8(2)17(11)6-12(13,14)15/h3-5H,6H2,1-2H3. The van der Waals surface area contributed by atoms with Crippen LogP contribution in [0, 0.1) is 6.92 Å². The van der Waals surface area contributed by atoms with Crippen molar-refractivity contribution in [1.82, 2.24) is 9.55 Å². The maximum absolute atomic E-state index is 12.4. The Balaban J connectivity index is 2.55. The van der Waals surface area contributed by atoms with Crippen LogP contribution in [0.4, 0.5) is 13.2 Å². The quantitative estimate of drug-likeness (QED) is 0.774. The molecule has 0 saturated carbocycles. The summed E-state index contributed by atoms with van der Waals surface area (Å²) in [7, 11) is 0. The van der Waals surface area contributed by atoms with Crippen LogP contribution in [0.15, 0.2) is 18.2 Å². The van der Waals surface area contributed by atoms with Crippen LogP contribution in [0.1, 0.15) is 23.1 Å². The number of ketones is 1. The Kier molecular flexibility index (Phi) is 2.88.